The Morgan fingerprint density at radius 2 is 2.25 bits per heavy atom. The van der Waals surface area contributed by atoms with E-state index in [1.165, 1.54) is 0 Å². The fraction of sp³-hybridized carbons (Fsp3) is 0.571. The molecule has 1 aliphatic rings. The summed E-state index contributed by atoms with van der Waals surface area (Å²) in [4.78, 5) is 20.8. The van der Waals surface area contributed by atoms with Crippen LogP contribution in [-0.4, -0.2) is 72.2 Å². The first-order chi connectivity index (χ1) is 9.74. The molecular formula is C14H22N4O2. The number of hydrogen-bond acceptors (Lipinski definition) is 5. The topological polar surface area (TPSA) is 68.7 Å². The highest BCUT2D eigenvalue weighted by Crippen LogP contribution is 2.20. The second-order valence-electron chi connectivity index (χ2n) is 4.94. The lowest BCUT2D eigenvalue weighted by atomic mass is 10.1. The third-order valence-electron chi connectivity index (χ3n) is 3.52. The highest BCUT2D eigenvalue weighted by molar-refractivity contribution is 5.83. The lowest BCUT2D eigenvalue weighted by molar-refractivity contribution is -0.137. The number of aromatic nitrogens is 1. The molecule has 0 bridgehead atoms. The van der Waals surface area contributed by atoms with E-state index in [1.807, 2.05) is 35.0 Å². The van der Waals surface area contributed by atoms with Crippen molar-refractivity contribution in [3.05, 3.63) is 30.1 Å². The number of nitrogens with zero attached hydrogens (tertiary/aromatic N) is 3. The van der Waals surface area contributed by atoms with Crippen LogP contribution in [0.3, 0.4) is 0 Å². The molecule has 2 rings (SSSR count). The van der Waals surface area contributed by atoms with Crippen molar-refractivity contribution in [2.24, 2.45) is 0 Å². The van der Waals surface area contributed by atoms with Crippen molar-refractivity contribution in [2.75, 3.05) is 46.4 Å². The fourth-order valence-electron chi connectivity index (χ4n) is 2.42. The Hall–Kier alpha value is -1.50. The van der Waals surface area contributed by atoms with E-state index >= 15 is 0 Å². The van der Waals surface area contributed by atoms with Gasteiger partial charge in [-0.05, 0) is 19.2 Å². The SMILES string of the molecule is CN(CCO)C(C(=O)N1CCNCC1)c1ccccn1. The largest absolute Gasteiger partial charge is 0.395 e. The van der Waals surface area contributed by atoms with Gasteiger partial charge in [0.1, 0.15) is 6.04 Å². The first-order valence-electron chi connectivity index (χ1n) is 6.95. The van der Waals surface area contributed by atoms with Crippen LogP contribution in [0.15, 0.2) is 24.4 Å². The minimum absolute atomic E-state index is 0.0225. The van der Waals surface area contributed by atoms with E-state index < -0.39 is 6.04 Å². The average Bonchev–Trinajstić information content (AvgIpc) is 2.50. The molecule has 20 heavy (non-hydrogen) atoms. The quantitative estimate of drug-likeness (QED) is 0.758. The highest BCUT2D eigenvalue weighted by Gasteiger charge is 2.30. The second-order valence-corrected chi connectivity index (χ2v) is 4.94. The molecule has 0 spiro atoms. The summed E-state index contributed by atoms with van der Waals surface area (Å²) < 4.78 is 0. The Kier molecular flexibility index (Phi) is 5.46. The van der Waals surface area contributed by atoms with Crippen molar-refractivity contribution in [3.63, 3.8) is 0 Å². The van der Waals surface area contributed by atoms with Gasteiger partial charge in [-0.3, -0.25) is 14.7 Å². The van der Waals surface area contributed by atoms with E-state index in [2.05, 4.69) is 10.3 Å². The Morgan fingerprint density at radius 3 is 2.85 bits per heavy atom. The molecule has 1 fully saturated rings. The van der Waals surface area contributed by atoms with Gasteiger partial charge in [0.05, 0.1) is 12.3 Å². The van der Waals surface area contributed by atoms with Crippen LogP contribution in [0, 0.1) is 0 Å². The Morgan fingerprint density at radius 1 is 1.50 bits per heavy atom. The maximum Gasteiger partial charge on any atom is 0.246 e. The van der Waals surface area contributed by atoms with Crippen molar-refractivity contribution >= 4 is 5.91 Å². The molecule has 1 saturated heterocycles. The zero-order chi connectivity index (χ0) is 14.4. The van der Waals surface area contributed by atoms with Gasteiger partial charge in [0.2, 0.25) is 5.91 Å². The van der Waals surface area contributed by atoms with E-state index in [0.717, 1.165) is 31.9 Å². The number of aliphatic hydroxyl groups excluding tert-OH is 1. The lowest BCUT2D eigenvalue weighted by Gasteiger charge is -2.34. The van der Waals surface area contributed by atoms with Gasteiger partial charge in [0, 0.05) is 38.9 Å². The molecule has 0 radical (unpaired) electrons. The molecule has 1 amide bonds. The molecule has 1 unspecified atom stereocenters. The van der Waals surface area contributed by atoms with Crippen LogP contribution in [-0.2, 0) is 4.79 Å². The third kappa shape index (κ3) is 3.53. The van der Waals surface area contributed by atoms with E-state index in [-0.39, 0.29) is 12.5 Å². The third-order valence-corrected chi connectivity index (χ3v) is 3.52. The number of likely N-dealkylation sites (N-methyl/N-ethyl adjacent to an activating group) is 1. The molecule has 2 heterocycles. The van der Waals surface area contributed by atoms with Crippen molar-refractivity contribution in [3.8, 4) is 0 Å². The standard InChI is InChI=1S/C14H22N4O2/c1-17(10-11-19)13(12-4-2-3-5-16-12)14(20)18-8-6-15-7-9-18/h2-5,13,15,19H,6-11H2,1H3. The van der Waals surface area contributed by atoms with E-state index in [0.29, 0.717) is 6.54 Å². The van der Waals surface area contributed by atoms with E-state index in [1.54, 1.807) is 6.20 Å². The Labute approximate surface area is 119 Å². The van der Waals surface area contributed by atoms with Gasteiger partial charge in [-0.1, -0.05) is 6.07 Å². The number of hydrogen-bond donors (Lipinski definition) is 2. The first kappa shape index (κ1) is 14.9. The van der Waals surface area contributed by atoms with Gasteiger partial charge in [-0.2, -0.15) is 0 Å². The molecule has 6 heteroatoms. The van der Waals surface area contributed by atoms with Gasteiger partial charge in [0.25, 0.3) is 0 Å². The minimum Gasteiger partial charge on any atom is -0.395 e. The van der Waals surface area contributed by atoms with Crippen molar-refractivity contribution in [2.45, 2.75) is 6.04 Å². The monoisotopic (exact) mass is 278 g/mol. The smallest absolute Gasteiger partial charge is 0.246 e. The van der Waals surface area contributed by atoms with Crippen LogP contribution in [0.1, 0.15) is 11.7 Å². The Balaban J connectivity index is 2.19. The summed E-state index contributed by atoms with van der Waals surface area (Å²) in [6.45, 7) is 3.55. The molecule has 0 aliphatic carbocycles. The number of aliphatic hydroxyl groups is 1. The van der Waals surface area contributed by atoms with E-state index in [4.69, 9.17) is 5.11 Å². The summed E-state index contributed by atoms with van der Waals surface area (Å²) in [5.74, 6) is 0.0566. The molecule has 1 aromatic rings. The Bertz CT molecular complexity index is 420. The summed E-state index contributed by atoms with van der Waals surface area (Å²) in [5.41, 5.74) is 0.729. The maximum atomic E-state index is 12.7. The van der Waals surface area contributed by atoms with Crippen LogP contribution in [0.25, 0.3) is 0 Å². The average molecular weight is 278 g/mol. The zero-order valence-corrected chi connectivity index (χ0v) is 11.8. The van der Waals surface area contributed by atoms with Gasteiger partial charge >= 0.3 is 0 Å². The van der Waals surface area contributed by atoms with Crippen molar-refractivity contribution in [1.82, 2.24) is 20.1 Å². The normalized spacial score (nSPS) is 17.2. The number of pyridine rings is 1. The summed E-state index contributed by atoms with van der Waals surface area (Å²) in [5, 5.41) is 12.4. The summed E-state index contributed by atoms with van der Waals surface area (Å²) in [6, 6.07) is 5.15. The summed E-state index contributed by atoms with van der Waals surface area (Å²) in [6.07, 6.45) is 1.69. The summed E-state index contributed by atoms with van der Waals surface area (Å²) in [7, 11) is 1.84. The number of nitrogens with one attached hydrogen (secondary N) is 1. The fourth-order valence-corrected chi connectivity index (χ4v) is 2.42. The highest BCUT2D eigenvalue weighted by atomic mass is 16.3. The van der Waals surface area contributed by atoms with E-state index in [9.17, 15) is 4.79 Å². The van der Waals surface area contributed by atoms with Gasteiger partial charge in [-0.15, -0.1) is 0 Å². The maximum absolute atomic E-state index is 12.7. The molecule has 0 aromatic carbocycles. The van der Waals surface area contributed by atoms with Gasteiger partial charge in [-0.25, -0.2) is 0 Å². The van der Waals surface area contributed by atoms with Gasteiger partial charge < -0.3 is 15.3 Å². The van der Waals surface area contributed by atoms with Crippen molar-refractivity contribution < 1.29 is 9.90 Å². The minimum atomic E-state index is -0.429. The molecule has 2 N–H and O–H groups in total. The number of carbonyl (C=O) groups excluding carboxylic acids is 1. The van der Waals surface area contributed by atoms with Crippen LogP contribution >= 0.6 is 0 Å². The molecule has 1 atom stereocenters. The molecule has 1 aliphatic heterocycles. The number of piperazine rings is 1. The summed E-state index contributed by atoms with van der Waals surface area (Å²) >= 11 is 0. The van der Waals surface area contributed by atoms with Crippen molar-refractivity contribution in [1.29, 1.82) is 0 Å². The van der Waals surface area contributed by atoms with Crippen LogP contribution in [0.4, 0.5) is 0 Å². The lowest BCUT2D eigenvalue weighted by Crippen LogP contribution is -2.50. The molecule has 1 aromatic heterocycles. The molecular weight excluding hydrogens is 256 g/mol. The molecule has 6 nitrogen and oxygen atoms in total. The molecule has 0 saturated carbocycles. The predicted octanol–water partition coefficient (Wildman–Crippen LogP) is -0.521. The number of rotatable bonds is 5. The second kappa shape index (κ2) is 7.33. The number of amides is 1. The first-order valence-corrected chi connectivity index (χ1v) is 6.95. The van der Waals surface area contributed by atoms with Crippen LogP contribution < -0.4 is 5.32 Å². The van der Waals surface area contributed by atoms with Crippen LogP contribution in [0.2, 0.25) is 0 Å². The predicted molar refractivity (Wildman–Crippen MR) is 76.1 cm³/mol. The molecule has 110 valence electrons. The number of carbonyl (C=O) groups is 1. The van der Waals surface area contributed by atoms with Crippen LogP contribution in [0.5, 0.6) is 0 Å². The van der Waals surface area contributed by atoms with Gasteiger partial charge in [0.15, 0.2) is 0 Å². The zero-order valence-electron chi connectivity index (χ0n) is 11.8.